The van der Waals surface area contributed by atoms with Crippen molar-refractivity contribution in [2.75, 3.05) is 45.0 Å². The molecule has 214 valence electrons. The molecule has 0 aromatic carbocycles. The molecule has 2 fully saturated rings. The second kappa shape index (κ2) is 17.0. The first-order valence-electron chi connectivity index (χ1n) is 13.9. The van der Waals surface area contributed by atoms with Gasteiger partial charge in [0, 0.05) is 12.5 Å². The number of piperidine rings is 2. The van der Waals surface area contributed by atoms with E-state index in [9.17, 15) is 27.9 Å². The van der Waals surface area contributed by atoms with Gasteiger partial charge in [-0.3, -0.25) is 14.4 Å². The van der Waals surface area contributed by atoms with E-state index < -0.39 is 34.5 Å². The Labute approximate surface area is 221 Å². The summed E-state index contributed by atoms with van der Waals surface area (Å²) in [5, 5.41) is 21.2. The third kappa shape index (κ3) is 13.0. The molecular formula is C25H47N5O6S. The van der Waals surface area contributed by atoms with Crippen LogP contribution in [-0.4, -0.2) is 82.4 Å². The van der Waals surface area contributed by atoms with Gasteiger partial charge in [0.1, 0.15) is 6.04 Å². The number of carbonyl (C=O) groups excluding carboxylic acids is 2. The van der Waals surface area contributed by atoms with Crippen molar-refractivity contribution in [3.05, 3.63) is 0 Å². The third-order valence-corrected chi connectivity index (χ3v) is 8.92. The Morgan fingerprint density at radius 1 is 0.919 bits per heavy atom. The van der Waals surface area contributed by atoms with Crippen LogP contribution in [0.4, 0.5) is 0 Å². The first-order valence-corrected chi connectivity index (χ1v) is 15.5. The van der Waals surface area contributed by atoms with Crippen LogP contribution in [0.5, 0.6) is 0 Å². The summed E-state index contributed by atoms with van der Waals surface area (Å²) in [5.74, 6) is -1.17. The molecule has 2 rings (SSSR count). The van der Waals surface area contributed by atoms with E-state index >= 15 is 0 Å². The smallest absolute Gasteiger partial charge is 0.323 e. The number of hydrogen-bond acceptors (Lipinski definition) is 7. The zero-order chi connectivity index (χ0) is 27.1. The number of hydrogen-bond donors (Lipinski definition) is 6. The predicted octanol–water partition coefficient (Wildman–Crippen LogP) is 0.567. The highest BCUT2D eigenvalue weighted by Gasteiger charge is 2.26. The number of aliphatic carboxylic acids is 1. The van der Waals surface area contributed by atoms with Crippen LogP contribution in [0.25, 0.3) is 0 Å². The Kier molecular flexibility index (Phi) is 14.4. The summed E-state index contributed by atoms with van der Waals surface area (Å²) in [7, 11) is -3.76. The lowest BCUT2D eigenvalue weighted by molar-refractivity contribution is -0.139. The molecule has 0 radical (unpaired) electrons. The molecule has 1 atom stereocenters. The predicted molar refractivity (Wildman–Crippen MR) is 142 cm³/mol. The molecule has 2 heterocycles. The number of sulfonamides is 1. The van der Waals surface area contributed by atoms with Crippen LogP contribution >= 0.6 is 0 Å². The van der Waals surface area contributed by atoms with Gasteiger partial charge in [0.2, 0.25) is 21.8 Å². The van der Waals surface area contributed by atoms with E-state index in [0.29, 0.717) is 24.7 Å². The zero-order valence-corrected chi connectivity index (χ0v) is 23.0. The van der Waals surface area contributed by atoms with E-state index in [1.807, 2.05) is 6.92 Å². The largest absolute Gasteiger partial charge is 0.480 e. The SMILES string of the molecule is CCCCS(=O)(=O)N[C@@H](CNC(=O)CNC(=O)C(CCC1CCNCC1)CCC1CCNCC1)C(=O)O. The van der Waals surface area contributed by atoms with E-state index in [1.54, 1.807) is 0 Å². The molecule has 2 aliphatic rings. The van der Waals surface area contributed by atoms with Gasteiger partial charge < -0.3 is 26.4 Å². The molecule has 0 aromatic heterocycles. The fourth-order valence-electron chi connectivity index (χ4n) is 5.00. The normalized spacial score (nSPS) is 18.4. The van der Waals surface area contributed by atoms with Crippen LogP contribution in [0.3, 0.4) is 0 Å². The van der Waals surface area contributed by atoms with E-state index in [0.717, 1.165) is 77.5 Å². The molecule has 0 bridgehead atoms. The summed E-state index contributed by atoms with van der Waals surface area (Å²) < 4.78 is 26.2. The maximum atomic E-state index is 13.0. The van der Waals surface area contributed by atoms with Crippen molar-refractivity contribution >= 4 is 27.8 Å². The van der Waals surface area contributed by atoms with E-state index in [-0.39, 0.29) is 24.1 Å². The van der Waals surface area contributed by atoms with E-state index in [2.05, 4.69) is 26.0 Å². The summed E-state index contributed by atoms with van der Waals surface area (Å²) in [6, 6.07) is -1.47. The average Bonchev–Trinajstić information content (AvgIpc) is 2.89. The molecule has 0 spiro atoms. The van der Waals surface area contributed by atoms with Crippen LogP contribution in [0.2, 0.25) is 0 Å². The van der Waals surface area contributed by atoms with Gasteiger partial charge in [-0.2, -0.15) is 4.72 Å². The molecule has 0 aliphatic carbocycles. The van der Waals surface area contributed by atoms with Gasteiger partial charge in [0.15, 0.2) is 0 Å². The molecule has 6 N–H and O–H groups in total. The first kappa shape index (κ1) is 31.5. The molecule has 11 nitrogen and oxygen atoms in total. The van der Waals surface area contributed by atoms with Crippen molar-refractivity contribution in [2.24, 2.45) is 17.8 Å². The van der Waals surface area contributed by atoms with E-state index in [1.165, 1.54) is 0 Å². The van der Waals surface area contributed by atoms with Gasteiger partial charge in [-0.15, -0.1) is 0 Å². The maximum Gasteiger partial charge on any atom is 0.323 e. The Bertz CT molecular complexity index is 790. The minimum atomic E-state index is -3.76. The van der Waals surface area contributed by atoms with Gasteiger partial charge >= 0.3 is 5.97 Å². The second-order valence-electron chi connectivity index (χ2n) is 10.4. The molecule has 37 heavy (non-hydrogen) atoms. The number of carboxylic acids is 1. The number of rotatable bonds is 17. The second-order valence-corrected chi connectivity index (χ2v) is 12.3. The zero-order valence-electron chi connectivity index (χ0n) is 22.2. The molecule has 2 aliphatic heterocycles. The number of carbonyl (C=O) groups is 3. The van der Waals surface area contributed by atoms with Crippen LogP contribution < -0.4 is 26.0 Å². The number of amides is 2. The minimum Gasteiger partial charge on any atom is -0.480 e. The van der Waals surface area contributed by atoms with Crippen LogP contribution in [0, 0.1) is 17.8 Å². The van der Waals surface area contributed by atoms with Gasteiger partial charge in [-0.1, -0.05) is 13.3 Å². The van der Waals surface area contributed by atoms with E-state index in [4.69, 9.17) is 0 Å². The summed E-state index contributed by atoms with van der Waals surface area (Å²) in [5.41, 5.74) is 0. The van der Waals surface area contributed by atoms with Gasteiger partial charge in [-0.05, 0) is 95.8 Å². The summed E-state index contributed by atoms with van der Waals surface area (Å²) in [6.07, 6.45) is 9.15. The van der Waals surface area contributed by atoms with Gasteiger partial charge in [0.25, 0.3) is 0 Å². The Hall–Kier alpha value is -1.76. The fraction of sp³-hybridized carbons (Fsp3) is 0.880. The maximum absolute atomic E-state index is 13.0. The highest BCUT2D eigenvalue weighted by atomic mass is 32.2. The van der Waals surface area contributed by atoms with Crippen LogP contribution in [0.15, 0.2) is 0 Å². The van der Waals surface area contributed by atoms with Crippen molar-refractivity contribution in [1.29, 1.82) is 0 Å². The van der Waals surface area contributed by atoms with Crippen molar-refractivity contribution in [3.63, 3.8) is 0 Å². The third-order valence-electron chi connectivity index (χ3n) is 7.45. The Morgan fingerprint density at radius 2 is 1.46 bits per heavy atom. The lowest BCUT2D eigenvalue weighted by atomic mass is 9.84. The van der Waals surface area contributed by atoms with Gasteiger partial charge in [-0.25, -0.2) is 8.42 Å². The Balaban J connectivity index is 1.82. The fourth-order valence-corrected chi connectivity index (χ4v) is 6.40. The minimum absolute atomic E-state index is 0.145. The first-order chi connectivity index (χ1) is 17.7. The van der Waals surface area contributed by atoms with Crippen molar-refractivity contribution < 1.29 is 27.9 Å². The molecular weight excluding hydrogens is 498 g/mol. The molecule has 2 amide bonds. The molecule has 0 saturated carbocycles. The topological polar surface area (TPSA) is 166 Å². The van der Waals surface area contributed by atoms with Crippen molar-refractivity contribution in [1.82, 2.24) is 26.0 Å². The quantitative estimate of drug-likeness (QED) is 0.154. The molecule has 2 saturated heterocycles. The average molecular weight is 546 g/mol. The van der Waals surface area contributed by atoms with Gasteiger partial charge in [0.05, 0.1) is 12.3 Å². The highest BCUT2D eigenvalue weighted by molar-refractivity contribution is 7.89. The lowest BCUT2D eigenvalue weighted by Crippen LogP contribution is -2.50. The number of carboxylic acid groups (broad SMARTS) is 1. The summed E-state index contributed by atoms with van der Waals surface area (Å²) in [6.45, 7) is 5.23. The summed E-state index contributed by atoms with van der Waals surface area (Å²) >= 11 is 0. The van der Waals surface area contributed by atoms with Crippen LogP contribution in [0.1, 0.15) is 71.1 Å². The van der Waals surface area contributed by atoms with Crippen LogP contribution in [-0.2, 0) is 24.4 Å². The highest BCUT2D eigenvalue weighted by Crippen LogP contribution is 2.26. The Morgan fingerprint density at radius 3 is 1.95 bits per heavy atom. The monoisotopic (exact) mass is 545 g/mol. The van der Waals surface area contributed by atoms with Crippen molar-refractivity contribution in [2.45, 2.75) is 77.2 Å². The van der Waals surface area contributed by atoms with Crippen molar-refractivity contribution in [3.8, 4) is 0 Å². The number of nitrogens with one attached hydrogen (secondary N) is 5. The molecule has 12 heteroatoms. The lowest BCUT2D eigenvalue weighted by Gasteiger charge is -2.27. The number of unbranched alkanes of at least 4 members (excludes halogenated alkanes) is 1. The molecule has 0 aromatic rings. The molecule has 0 unspecified atom stereocenters. The summed E-state index contributed by atoms with van der Waals surface area (Å²) in [4.78, 5) is 36.8. The standard InChI is InChI=1S/C25H47N5O6S/c1-2-3-16-37(35,36)30-22(25(33)34)17-28-23(31)18-29-24(32)21(6-4-19-8-12-26-13-9-19)7-5-20-10-14-27-15-11-20/h19-22,26-27,30H,2-18H2,1H3,(H,28,31)(H,29,32)(H,33,34)/t22-/m0/s1.